The van der Waals surface area contributed by atoms with Gasteiger partial charge in [0.05, 0.1) is 5.92 Å². The van der Waals surface area contributed by atoms with E-state index in [9.17, 15) is 9.59 Å². The summed E-state index contributed by atoms with van der Waals surface area (Å²) in [6.45, 7) is 0. The molecule has 1 fully saturated rings. The van der Waals surface area contributed by atoms with Crippen molar-refractivity contribution >= 4 is 22.9 Å². The van der Waals surface area contributed by atoms with Crippen molar-refractivity contribution < 1.29 is 9.59 Å². The molecular weight excluding hydrogens is 304 g/mol. The quantitative estimate of drug-likeness (QED) is 0.737. The topological polar surface area (TPSA) is 34.1 Å². The van der Waals surface area contributed by atoms with Crippen LogP contribution in [0.25, 0.3) is 0 Å². The summed E-state index contributed by atoms with van der Waals surface area (Å²) < 4.78 is 0. The SMILES string of the molecule is O=C1CCCC(=O)C1Cc1ccc(CCCc2ccccc2)s1. The molecule has 0 aliphatic heterocycles. The molecule has 0 saturated heterocycles. The van der Waals surface area contributed by atoms with Gasteiger partial charge in [-0.1, -0.05) is 30.3 Å². The predicted molar refractivity (Wildman–Crippen MR) is 93.8 cm³/mol. The van der Waals surface area contributed by atoms with Crippen molar-refractivity contribution in [1.82, 2.24) is 0 Å². The molecule has 2 aromatic rings. The molecule has 120 valence electrons. The van der Waals surface area contributed by atoms with Crippen LogP contribution in [0.5, 0.6) is 0 Å². The third-order valence-corrected chi connectivity index (χ3v) is 5.65. The fraction of sp³-hybridized carbons (Fsp3) is 0.400. The molecule has 0 spiro atoms. The van der Waals surface area contributed by atoms with Gasteiger partial charge in [-0.3, -0.25) is 9.59 Å². The van der Waals surface area contributed by atoms with E-state index in [4.69, 9.17) is 0 Å². The Morgan fingerprint density at radius 1 is 0.870 bits per heavy atom. The van der Waals surface area contributed by atoms with E-state index in [1.807, 2.05) is 6.07 Å². The van der Waals surface area contributed by atoms with Crippen LogP contribution >= 0.6 is 11.3 Å². The lowest BCUT2D eigenvalue weighted by atomic mass is 9.84. The highest BCUT2D eigenvalue weighted by Gasteiger charge is 2.30. The number of aryl methyl sites for hydroxylation is 2. The maximum absolute atomic E-state index is 11.9. The molecule has 1 aliphatic rings. The van der Waals surface area contributed by atoms with Gasteiger partial charge in [0.1, 0.15) is 11.6 Å². The molecule has 1 aromatic carbocycles. The Balaban J connectivity index is 1.51. The van der Waals surface area contributed by atoms with Crippen LogP contribution < -0.4 is 0 Å². The van der Waals surface area contributed by atoms with E-state index >= 15 is 0 Å². The molecule has 1 aliphatic carbocycles. The van der Waals surface area contributed by atoms with Crippen molar-refractivity contribution in [2.75, 3.05) is 0 Å². The molecule has 0 bridgehead atoms. The van der Waals surface area contributed by atoms with Gasteiger partial charge in [0.15, 0.2) is 0 Å². The number of benzene rings is 1. The zero-order valence-electron chi connectivity index (χ0n) is 13.3. The Morgan fingerprint density at radius 3 is 2.30 bits per heavy atom. The zero-order chi connectivity index (χ0) is 16.1. The Kier molecular flexibility index (Phi) is 5.39. The van der Waals surface area contributed by atoms with Crippen LogP contribution in [0.1, 0.15) is 41.0 Å². The first kappa shape index (κ1) is 16.1. The number of carbonyl (C=O) groups excluding carboxylic acids is 2. The molecule has 23 heavy (non-hydrogen) atoms. The van der Waals surface area contributed by atoms with Gasteiger partial charge in [-0.2, -0.15) is 0 Å². The highest BCUT2D eigenvalue weighted by molar-refractivity contribution is 7.12. The minimum absolute atomic E-state index is 0.139. The van der Waals surface area contributed by atoms with Crippen LogP contribution in [0.15, 0.2) is 42.5 Å². The number of rotatable bonds is 6. The van der Waals surface area contributed by atoms with E-state index in [1.165, 1.54) is 15.3 Å². The lowest BCUT2D eigenvalue weighted by Gasteiger charge is -2.18. The van der Waals surface area contributed by atoms with Crippen molar-refractivity contribution in [3.8, 4) is 0 Å². The summed E-state index contributed by atoms with van der Waals surface area (Å²) in [5.41, 5.74) is 1.38. The maximum atomic E-state index is 11.9. The van der Waals surface area contributed by atoms with E-state index in [0.29, 0.717) is 19.3 Å². The summed E-state index contributed by atoms with van der Waals surface area (Å²) in [5, 5.41) is 0. The first-order chi connectivity index (χ1) is 11.2. The molecule has 1 heterocycles. The first-order valence-electron chi connectivity index (χ1n) is 8.39. The molecule has 0 N–H and O–H groups in total. The summed E-state index contributed by atoms with van der Waals surface area (Å²) >= 11 is 1.76. The van der Waals surface area contributed by atoms with Crippen LogP contribution in [0, 0.1) is 5.92 Å². The average molecular weight is 326 g/mol. The smallest absolute Gasteiger partial charge is 0.143 e. The fourth-order valence-electron chi connectivity index (χ4n) is 3.17. The monoisotopic (exact) mass is 326 g/mol. The normalized spacial score (nSPS) is 16.0. The third-order valence-electron chi connectivity index (χ3n) is 4.48. The molecule has 0 amide bonds. The summed E-state index contributed by atoms with van der Waals surface area (Å²) in [5.74, 6) is -0.0971. The van der Waals surface area contributed by atoms with Gasteiger partial charge in [-0.25, -0.2) is 0 Å². The van der Waals surface area contributed by atoms with Gasteiger partial charge in [0.25, 0.3) is 0 Å². The number of thiophene rings is 1. The van der Waals surface area contributed by atoms with Gasteiger partial charge >= 0.3 is 0 Å². The molecule has 2 nitrogen and oxygen atoms in total. The standard InChI is InChI=1S/C20H22O2S/c21-19-10-5-11-20(22)18(19)14-17-13-12-16(23-17)9-4-8-15-6-2-1-3-7-15/h1-3,6-7,12-13,18H,4-5,8-11,14H2. The molecule has 1 aromatic heterocycles. The van der Waals surface area contributed by atoms with Crippen molar-refractivity contribution in [2.45, 2.75) is 44.9 Å². The van der Waals surface area contributed by atoms with Crippen molar-refractivity contribution in [3.05, 3.63) is 57.8 Å². The molecule has 1 saturated carbocycles. The van der Waals surface area contributed by atoms with Crippen LogP contribution in [0.3, 0.4) is 0 Å². The molecule has 3 rings (SSSR count). The maximum Gasteiger partial charge on any atom is 0.143 e. The van der Waals surface area contributed by atoms with Crippen molar-refractivity contribution in [3.63, 3.8) is 0 Å². The summed E-state index contributed by atoms with van der Waals surface area (Å²) in [6, 6.07) is 14.8. The van der Waals surface area contributed by atoms with Gasteiger partial charge in [0.2, 0.25) is 0 Å². The van der Waals surface area contributed by atoms with Gasteiger partial charge in [-0.05, 0) is 49.8 Å². The summed E-state index contributed by atoms with van der Waals surface area (Å²) in [6.07, 6.45) is 5.78. The molecule has 0 unspecified atom stereocenters. The molecular formula is C20H22O2S. The fourth-order valence-corrected chi connectivity index (χ4v) is 4.28. The van der Waals surface area contributed by atoms with Crippen LogP contribution in [0.2, 0.25) is 0 Å². The molecule has 0 radical (unpaired) electrons. The minimum Gasteiger partial charge on any atom is -0.299 e. The van der Waals surface area contributed by atoms with Gasteiger partial charge in [0, 0.05) is 22.6 Å². The second-order valence-electron chi connectivity index (χ2n) is 6.25. The van der Waals surface area contributed by atoms with Crippen LogP contribution in [0.4, 0.5) is 0 Å². The summed E-state index contributed by atoms with van der Waals surface area (Å²) in [4.78, 5) is 26.4. The average Bonchev–Trinajstić information content (AvgIpc) is 3.00. The molecule has 0 atom stereocenters. The number of hydrogen-bond acceptors (Lipinski definition) is 3. The largest absolute Gasteiger partial charge is 0.299 e. The Hall–Kier alpha value is -1.74. The Bertz CT molecular complexity index is 656. The highest BCUT2D eigenvalue weighted by Crippen LogP contribution is 2.26. The first-order valence-corrected chi connectivity index (χ1v) is 9.21. The minimum atomic E-state index is -0.375. The summed E-state index contributed by atoms with van der Waals surface area (Å²) in [7, 11) is 0. The Morgan fingerprint density at radius 2 is 1.57 bits per heavy atom. The van der Waals surface area contributed by atoms with Crippen molar-refractivity contribution in [2.24, 2.45) is 5.92 Å². The van der Waals surface area contributed by atoms with E-state index in [0.717, 1.165) is 25.7 Å². The van der Waals surface area contributed by atoms with E-state index < -0.39 is 0 Å². The second-order valence-corrected chi connectivity index (χ2v) is 7.50. The van der Waals surface area contributed by atoms with E-state index in [-0.39, 0.29) is 17.5 Å². The predicted octanol–water partition coefficient (Wildman–Crippen LogP) is 4.40. The zero-order valence-corrected chi connectivity index (χ0v) is 14.1. The number of carbonyl (C=O) groups is 2. The van der Waals surface area contributed by atoms with Crippen LogP contribution in [-0.2, 0) is 28.9 Å². The van der Waals surface area contributed by atoms with Crippen molar-refractivity contribution in [1.29, 1.82) is 0 Å². The number of ketones is 2. The van der Waals surface area contributed by atoms with Gasteiger partial charge < -0.3 is 0 Å². The van der Waals surface area contributed by atoms with Gasteiger partial charge in [-0.15, -0.1) is 11.3 Å². The Labute approximate surface area is 141 Å². The second kappa shape index (κ2) is 7.69. The molecule has 3 heteroatoms. The highest BCUT2D eigenvalue weighted by atomic mass is 32.1. The number of hydrogen-bond donors (Lipinski definition) is 0. The number of Topliss-reactive ketones (excluding diaryl/α,β-unsaturated/α-hetero) is 2. The van der Waals surface area contributed by atoms with E-state index in [1.54, 1.807) is 11.3 Å². The third kappa shape index (κ3) is 4.38. The lowest BCUT2D eigenvalue weighted by molar-refractivity contribution is -0.135. The van der Waals surface area contributed by atoms with Crippen LogP contribution in [-0.4, -0.2) is 11.6 Å². The van der Waals surface area contributed by atoms with E-state index in [2.05, 4.69) is 36.4 Å². The lowest BCUT2D eigenvalue weighted by Crippen LogP contribution is -2.29.